The molecule has 0 amide bonds. The molecule has 6 heteroatoms. The van der Waals surface area contributed by atoms with Gasteiger partial charge in [0.2, 0.25) is 5.89 Å². The molecule has 1 fully saturated rings. The molecule has 0 unspecified atom stereocenters. The number of hydrogen-bond donors (Lipinski definition) is 0. The number of likely N-dealkylation sites (tertiary alicyclic amines) is 1. The van der Waals surface area contributed by atoms with Crippen LogP contribution in [-0.4, -0.2) is 44.6 Å². The van der Waals surface area contributed by atoms with Gasteiger partial charge in [-0.2, -0.15) is 4.98 Å². The average molecular weight is 333 g/mol. The van der Waals surface area contributed by atoms with Crippen molar-refractivity contribution in [2.75, 3.05) is 25.4 Å². The van der Waals surface area contributed by atoms with E-state index < -0.39 is 10.8 Å². The largest absolute Gasteiger partial charge is 0.340 e. The highest BCUT2D eigenvalue weighted by atomic mass is 32.2. The Labute approximate surface area is 139 Å². The van der Waals surface area contributed by atoms with Crippen molar-refractivity contribution in [3.8, 4) is 0 Å². The third-order valence-electron chi connectivity index (χ3n) is 4.24. The fourth-order valence-electron chi connectivity index (χ4n) is 3.11. The van der Waals surface area contributed by atoms with Crippen molar-refractivity contribution < 1.29 is 8.73 Å². The molecule has 3 rings (SSSR count). The predicted octanol–water partition coefficient (Wildman–Crippen LogP) is 2.44. The first kappa shape index (κ1) is 16.3. The number of rotatable bonds is 6. The molecular weight excluding hydrogens is 310 g/mol. The lowest BCUT2D eigenvalue weighted by Gasteiger charge is -2.32. The van der Waals surface area contributed by atoms with Crippen LogP contribution in [0.25, 0.3) is 0 Å². The fourth-order valence-corrected chi connectivity index (χ4v) is 4.23. The van der Waals surface area contributed by atoms with Crippen LogP contribution in [0, 0.1) is 12.8 Å². The van der Waals surface area contributed by atoms with E-state index in [2.05, 4.69) is 15.0 Å². The van der Waals surface area contributed by atoms with Crippen LogP contribution in [0.15, 0.2) is 39.8 Å². The Morgan fingerprint density at radius 1 is 1.35 bits per heavy atom. The van der Waals surface area contributed by atoms with E-state index >= 15 is 0 Å². The molecule has 0 saturated carbocycles. The summed E-state index contributed by atoms with van der Waals surface area (Å²) in [5.41, 5.74) is 0. The third-order valence-corrected chi connectivity index (χ3v) is 5.59. The Hall–Kier alpha value is -1.53. The van der Waals surface area contributed by atoms with Crippen LogP contribution in [0.1, 0.15) is 24.6 Å². The van der Waals surface area contributed by atoms with E-state index in [1.54, 1.807) is 0 Å². The second-order valence-electron chi connectivity index (χ2n) is 6.11. The average Bonchev–Trinajstić information content (AvgIpc) is 2.99. The Bertz CT molecular complexity index is 644. The number of nitrogens with zero attached hydrogens (tertiary/aromatic N) is 3. The SMILES string of the molecule is Cc1nc(C[C@H]2CCCN(CC[S@@](=O)c3ccccc3)C2)no1. The molecule has 0 radical (unpaired) electrons. The minimum Gasteiger partial charge on any atom is -0.340 e. The van der Waals surface area contributed by atoms with E-state index in [1.165, 1.54) is 12.8 Å². The zero-order valence-corrected chi connectivity index (χ0v) is 14.3. The van der Waals surface area contributed by atoms with Crippen LogP contribution in [0.2, 0.25) is 0 Å². The van der Waals surface area contributed by atoms with Gasteiger partial charge in [-0.1, -0.05) is 23.4 Å². The smallest absolute Gasteiger partial charge is 0.223 e. The summed E-state index contributed by atoms with van der Waals surface area (Å²) in [6.07, 6.45) is 3.25. The van der Waals surface area contributed by atoms with Crippen molar-refractivity contribution in [2.24, 2.45) is 5.92 Å². The summed E-state index contributed by atoms with van der Waals surface area (Å²) < 4.78 is 17.4. The first-order valence-corrected chi connectivity index (χ1v) is 9.47. The van der Waals surface area contributed by atoms with Gasteiger partial charge in [-0.15, -0.1) is 0 Å². The molecule has 1 aromatic carbocycles. The maximum absolute atomic E-state index is 12.3. The highest BCUT2D eigenvalue weighted by molar-refractivity contribution is 7.85. The summed E-state index contributed by atoms with van der Waals surface area (Å²) >= 11 is 0. The summed E-state index contributed by atoms with van der Waals surface area (Å²) in [6, 6.07) is 9.71. The molecule has 2 atom stereocenters. The first-order valence-electron chi connectivity index (χ1n) is 8.15. The second-order valence-corrected chi connectivity index (χ2v) is 7.68. The molecule has 5 nitrogen and oxygen atoms in total. The zero-order valence-electron chi connectivity index (χ0n) is 13.5. The summed E-state index contributed by atoms with van der Waals surface area (Å²) in [5, 5.41) is 4.00. The van der Waals surface area contributed by atoms with E-state index in [0.29, 0.717) is 17.6 Å². The van der Waals surface area contributed by atoms with Gasteiger partial charge in [0.15, 0.2) is 5.82 Å². The monoisotopic (exact) mass is 333 g/mol. The van der Waals surface area contributed by atoms with Crippen molar-refractivity contribution >= 4 is 10.8 Å². The second kappa shape index (κ2) is 7.84. The van der Waals surface area contributed by atoms with Crippen molar-refractivity contribution in [1.82, 2.24) is 15.0 Å². The lowest BCUT2D eigenvalue weighted by molar-refractivity contribution is 0.181. The normalized spacial score (nSPS) is 20.5. The first-order chi connectivity index (χ1) is 11.2. The van der Waals surface area contributed by atoms with Gasteiger partial charge in [0.25, 0.3) is 0 Å². The molecule has 2 aromatic rings. The molecule has 0 aliphatic carbocycles. The van der Waals surface area contributed by atoms with E-state index in [1.807, 2.05) is 37.3 Å². The lowest BCUT2D eigenvalue weighted by Crippen LogP contribution is -2.38. The zero-order chi connectivity index (χ0) is 16.1. The van der Waals surface area contributed by atoms with E-state index in [0.717, 1.165) is 36.8 Å². The molecular formula is C17H23N3O2S. The molecule has 0 spiro atoms. The number of piperidine rings is 1. The highest BCUT2D eigenvalue weighted by Gasteiger charge is 2.22. The van der Waals surface area contributed by atoms with Crippen LogP contribution in [0.5, 0.6) is 0 Å². The Balaban J connectivity index is 1.48. The van der Waals surface area contributed by atoms with Gasteiger partial charge in [0, 0.05) is 37.1 Å². The molecule has 1 saturated heterocycles. The van der Waals surface area contributed by atoms with Crippen molar-refractivity contribution in [3.63, 3.8) is 0 Å². The molecule has 0 bridgehead atoms. The molecule has 23 heavy (non-hydrogen) atoms. The minimum absolute atomic E-state index is 0.561. The predicted molar refractivity (Wildman–Crippen MR) is 89.6 cm³/mol. The van der Waals surface area contributed by atoms with E-state index in [9.17, 15) is 4.21 Å². The van der Waals surface area contributed by atoms with Crippen molar-refractivity contribution in [2.45, 2.75) is 31.1 Å². The van der Waals surface area contributed by atoms with Crippen molar-refractivity contribution in [3.05, 3.63) is 42.0 Å². The van der Waals surface area contributed by atoms with Gasteiger partial charge in [-0.25, -0.2) is 0 Å². The standard InChI is InChI=1S/C17H23N3O2S/c1-14-18-17(19-22-14)12-15-6-5-9-20(13-15)10-11-23(21)16-7-3-2-4-8-16/h2-4,7-8,15H,5-6,9-13H2,1H3/t15-,23-/m1/s1. The van der Waals surface area contributed by atoms with Crippen molar-refractivity contribution in [1.29, 1.82) is 0 Å². The topological polar surface area (TPSA) is 59.2 Å². The number of benzene rings is 1. The lowest BCUT2D eigenvalue weighted by atomic mass is 9.94. The summed E-state index contributed by atoms with van der Waals surface area (Å²) in [6.45, 7) is 4.82. The maximum Gasteiger partial charge on any atom is 0.223 e. The van der Waals surface area contributed by atoms with Gasteiger partial charge in [-0.3, -0.25) is 4.21 Å². The molecule has 1 aromatic heterocycles. The maximum atomic E-state index is 12.3. The molecule has 1 aliphatic heterocycles. The molecule has 2 heterocycles. The molecule has 0 N–H and O–H groups in total. The Morgan fingerprint density at radius 2 is 2.17 bits per heavy atom. The van der Waals surface area contributed by atoms with Crippen LogP contribution in [0.3, 0.4) is 0 Å². The number of hydrogen-bond acceptors (Lipinski definition) is 5. The fraction of sp³-hybridized carbons (Fsp3) is 0.529. The van der Waals surface area contributed by atoms with Gasteiger partial charge in [0.05, 0.1) is 10.8 Å². The highest BCUT2D eigenvalue weighted by Crippen LogP contribution is 2.20. The third kappa shape index (κ3) is 4.72. The Kier molecular flexibility index (Phi) is 5.56. The minimum atomic E-state index is -0.912. The summed E-state index contributed by atoms with van der Waals surface area (Å²) in [5.74, 6) is 2.69. The quantitative estimate of drug-likeness (QED) is 0.812. The summed E-state index contributed by atoms with van der Waals surface area (Å²) in [7, 11) is -0.912. The van der Waals surface area contributed by atoms with Gasteiger partial charge in [0.1, 0.15) is 0 Å². The van der Waals surface area contributed by atoms with E-state index in [-0.39, 0.29) is 0 Å². The van der Waals surface area contributed by atoms with E-state index in [4.69, 9.17) is 4.52 Å². The van der Waals surface area contributed by atoms with Gasteiger partial charge < -0.3 is 9.42 Å². The number of aryl methyl sites for hydroxylation is 1. The summed E-state index contributed by atoms with van der Waals surface area (Å²) in [4.78, 5) is 7.64. The van der Waals surface area contributed by atoms with Crippen LogP contribution < -0.4 is 0 Å². The van der Waals surface area contributed by atoms with Crippen LogP contribution in [0.4, 0.5) is 0 Å². The number of aromatic nitrogens is 2. The van der Waals surface area contributed by atoms with Crippen LogP contribution in [-0.2, 0) is 17.2 Å². The molecule has 124 valence electrons. The molecule has 1 aliphatic rings. The van der Waals surface area contributed by atoms with Gasteiger partial charge >= 0.3 is 0 Å². The Morgan fingerprint density at radius 3 is 2.91 bits per heavy atom. The van der Waals surface area contributed by atoms with Gasteiger partial charge in [-0.05, 0) is 37.4 Å². The van der Waals surface area contributed by atoms with Crippen LogP contribution >= 0.6 is 0 Å².